The Hall–Kier alpha value is -0.740. The second-order valence-corrected chi connectivity index (χ2v) is 5.39. The van der Waals surface area contributed by atoms with Crippen molar-refractivity contribution in [3.05, 3.63) is 23.9 Å². The summed E-state index contributed by atoms with van der Waals surface area (Å²) in [4.78, 5) is 6.72. The maximum atomic E-state index is 9.56. The first-order valence-corrected chi connectivity index (χ1v) is 6.82. The van der Waals surface area contributed by atoms with E-state index >= 15 is 0 Å². The summed E-state index contributed by atoms with van der Waals surface area (Å²) in [6, 6.07) is 4.39. The van der Waals surface area contributed by atoms with E-state index in [0.717, 1.165) is 29.4 Å². The van der Waals surface area contributed by atoms with E-state index in [-0.39, 0.29) is 0 Å². The molecule has 1 aromatic rings. The molecule has 2 rings (SSSR count). The number of hydrogen-bond donors (Lipinski definition) is 1. The quantitative estimate of drug-likeness (QED) is 0.856. The summed E-state index contributed by atoms with van der Waals surface area (Å²) >= 11 is 1.99. The third kappa shape index (κ3) is 2.50. The van der Waals surface area contributed by atoms with Gasteiger partial charge in [-0.05, 0) is 31.5 Å². The smallest absolute Gasteiger partial charge is 0.129 e. The fourth-order valence-electron chi connectivity index (χ4n) is 1.92. The highest BCUT2D eigenvalue weighted by Crippen LogP contribution is 2.24. The van der Waals surface area contributed by atoms with Crippen LogP contribution in [0.2, 0.25) is 0 Å². The number of aliphatic hydroxyl groups excluding tert-OH is 1. The zero-order valence-electron chi connectivity index (χ0n) is 9.76. The molecular formula is C12H18N2OS. The van der Waals surface area contributed by atoms with E-state index in [4.69, 9.17) is 0 Å². The summed E-state index contributed by atoms with van der Waals surface area (Å²) in [5.41, 5.74) is 0.940. The average Bonchev–Trinajstić information content (AvgIpc) is 2.30. The molecule has 1 fully saturated rings. The lowest BCUT2D eigenvalue weighted by Gasteiger charge is -2.34. The van der Waals surface area contributed by atoms with Crippen LogP contribution in [0.3, 0.4) is 0 Å². The second kappa shape index (κ2) is 5.06. The van der Waals surface area contributed by atoms with E-state index in [0.29, 0.717) is 6.04 Å². The van der Waals surface area contributed by atoms with Gasteiger partial charge in [-0.2, -0.15) is 11.8 Å². The van der Waals surface area contributed by atoms with E-state index in [1.807, 2.05) is 23.9 Å². The molecular weight excluding hydrogens is 220 g/mol. The number of aromatic nitrogens is 1. The number of thioether (sulfide) groups is 1. The molecule has 1 aliphatic rings. The van der Waals surface area contributed by atoms with Crippen LogP contribution in [0.25, 0.3) is 0 Å². The lowest BCUT2D eigenvalue weighted by atomic mass is 10.1. The van der Waals surface area contributed by atoms with Gasteiger partial charge in [0, 0.05) is 30.3 Å². The molecule has 16 heavy (non-hydrogen) atoms. The molecule has 0 bridgehead atoms. The van der Waals surface area contributed by atoms with Gasteiger partial charge in [-0.1, -0.05) is 0 Å². The van der Waals surface area contributed by atoms with Gasteiger partial charge in [-0.3, -0.25) is 0 Å². The summed E-state index contributed by atoms with van der Waals surface area (Å²) in [6.07, 6.45) is 1.36. The predicted octanol–water partition coefficient (Wildman–Crippen LogP) is 2.08. The first kappa shape index (κ1) is 11.7. The Morgan fingerprint density at radius 3 is 3.12 bits per heavy atom. The highest BCUT2D eigenvalue weighted by Gasteiger charge is 2.20. The lowest BCUT2D eigenvalue weighted by Crippen LogP contribution is -2.40. The molecule has 0 radical (unpaired) electrons. The highest BCUT2D eigenvalue weighted by atomic mass is 32.2. The van der Waals surface area contributed by atoms with E-state index in [1.165, 1.54) is 0 Å². The number of pyridine rings is 1. The van der Waals surface area contributed by atoms with E-state index < -0.39 is 6.10 Å². The summed E-state index contributed by atoms with van der Waals surface area (Å²) in [6.45, 7) is 5.06. The fourth-order valence-corrected chi connectivity index (χ4v) is 2.93. The number of rotatable bonds is 2. The van der Waals surface area contributed by atoms with Gasteiger partial charge in [-0.25, -0.2) is 4.98 Å². The van der Waals surface area contributed by atoms with Crippen LogP contribution in [0, 0.1) is 0 Å². The van der Waals surface area contributed by atoms with Crippen molar-refractivity contribution >= 4 is 17.6 Å². The Balaban J connectivity index is 2.21. The SMILES string of the molecule is CC(O)c1ccnc(N2CCSCC2C)c1. The number of nitrogens with zero attached hydrogens (tertiary/aromatic N) is 2. The van der Waals surface area contributed by atoms with Gasteiger partial charge in [0.25, 0.3) is 0 Å². The van der Waals surface area contributed by atoms with Gasteiger partial charge in [0.1, 0.15) is 5.82 Å². The Kier molecular flexibility index (Phi) is 3.71. The van der Waals surface area contributed by atoms with Crippen LogP contribution in [-0.2, 0) is 0 Å². The minimum absolute atomic E-state index is 0.420. The number of anilines is 1. The molecule has 88 valence electrons. The minimum atomic E-state index is -0.420. The van der Waals surface area contributed by atoms with Crippen molar-refractivity contribution in [2.45, 2.75) is 26.0 Å². The lowest BCUT2D eigenvalue weighted by molar-refractivity contribution is 0.199. The largest absolute Gasteiger partial charge is 0.389 e. The van der Waals surface area contributed by atoms with Crippen molar-refractivity contribution in [2.75, 3.05) is 23.0 Å². The Labute approximate surface area is 101 Å². The van der Waals surface area contributed by atoms with Crippen molar-refractivity contribution < 1.29 is 5.11 Å². The molecule has 0 amide bonds. The fraction of sp³-hybridized carbons (Fsp3) is 0.583. The van der Waals surface area contributed by atoms with Crippen molar-refractivity contribution in [3.8, 4) is 0 Å². The minimum Gasteiger partial charge on any atom is -0.389 e. The standard InChI is InChI=1S/C12H18N2OS/c1-9-8-16-6-5-14(9)12-7-11(10(2)15)3-4-13-12/h3-4,7,9-10,15H,5-6,8H2,1-2H3. The third-order valence-electron chi connectivity index (χ3n) is 2.91. The molecule has 2 unspecified atom stereocenters. The van der Waals surface area contributed by atoms with Crippen LogP contribution in [0.1, 0.15) is 25.5 Å². The highest BCUT2D eigenvalue weighted by molar-refractivity contribution is 7.99. The molecule has 0 aliphatic carbocycles. The van der Waals surface area contributed by atoms with Gasteiger partial charge in [0.2, 0.25) is 0 Å². The van der Waals surface area contributed by atoms with Gasteiger partial charge >= 0.3 is 0 Å². The molecule has 0 saturated carbocycles. The van der Waals surface area contributed by atoms with Crippen LogP contribution in [0.4, 0.5) is 5.82 Å². The topological polar surface area (TPSA) is 36.4 Å². The molecule has 3 nitrogen and oxygen atoms in total. The summed E-state index contributed by atoms with van der Waals surface area (Å²) < 4.78 is 0. The zero-order valence-corrected chi connectivity index (χ0v) is 10.6. The average molecular weight is 238 g/mol. The van der Waals surface area contributed by atoms with Crippen molar-refractivity contribution in [2.24, 2.45) is 0 Å². The van der Waals surface area contributed by atoms with E-state index in [1.54, 1.807) is 13.1 Å². The van der Waals surface area contributed by atoms with Gasteiger partial charge in [0.05, 0.1) is 6.10 Å². The maximum absolute atomic E-state index is 9.56. The summed E-state index contributed by atoms with van der Waals surface area (Å²) in [7, 11) is 0. The van der Waals surface area contributed by atoms with Crippen LogP contribution < -0.4 is 4.90 Å². The van der Waals surface area contributed by atoms with Crippen molar-refractivity contribution in [3.63, 3.8) is 0 Å². The molecule has 1 aromatic heterocycles. The Bertz CT molecular complexity index is 357. The zero-order chi connectivity index (χ0) is 11.5. The van der Waals surface area contributed by atoms with Crippen LogP contribution in [0.15, 0.2) is 18.3 Å². The van der Waals surface area contributed by atoms with Crippen LogP contribution >= 0.6 is 11.8 Å². The molecule has 1 saturated heterocycles. The summed E-state index contributed by atoms with van der Waals surface area (Å²) in [5.74, 6) is 3.30. The molecule has 4 heteroatoms. The van der Waals surface area contributed by atoms with E-state index in [9.17, 15) is 5.11 Å². The van der Waals surface area contributed by atoms with Crippen LogP contribution in [0.5, 0.6) is 0 Å². The van der Waals surface area contributed by atoms with Gasteiger partial charge in [0.15, 0.2) is 0 Å². The van der Waals surface area contributed by atoms with Crippen LogP contribution in [-0.4, -0.2) is 34.2 Å². The number of hydrogen-bond acceptors (Lipinski definition) is 4. The molecule has 0 aromatic carbocycles. The first-order valence-electron chi connectivity index (χ1n) is 5.67. The van der Waals surface area contributed by atoms with E-state index in [2.05, 4.69) is 16.8 Å². The number of aliphatic hydroxyl groups is 1. The summed E-state index contributed by atoms with van der Waals surface area (Å²) in [5, 5.41) is 9.56. The monoisotopic (exact) mass is 238 g/mol. The molecule has 1 aliphatic heterocycles. The van der Waals surface area contributed by atoms with Crippen molar-refractivity contribution in [1.29, 1.82) is 0 Å². The van der Waals surface area contributed by atoms with Gasteiger partial charge in [-0.15, -0.1) is 0 Å². The Morgan fingerprint density at radius 1 is 1.62 bits per heavy atom. The molecule has 2 heterocycles. The van der Waals surface area contributed by atoms with Crippen molar-refractivity contribution in [1.82, 2.24) is 4.98 Å². The Morgan fingerprint density at radius 2 is 2.44 bits per heavy atom. The molecule has 0 spiro atoms. The molecule has 2 atom stereocenters. The maximum Gasteiger partial charge on any atom is 0.129 e. The third-order valence-corrected chi connectivity index (χ3v) is 4.10. The predicted molar refractivity (Wildman–Crippen MR) is 69.0 cm³/mol. The first-order chi connectivity index (χ1) is 7.68. The second-order valence-electron chi connectivity index (χ2n) is 4.24. The van der Waals surface area contributed by atoms with Gasteiger partial charge < -0.3 is 10.0 Å². The molecule has 1 N–H and O–H groups in total. The normalized spacial score (nSPS) is 23.2.